The summed E-state index contributed by atoms with van der Waals surface area (Å²) in [5.41, 5.74) is 0. The zero-order valence-corrected chi connectivity index (χ0v) is 13.6. The largest absolute Gasteiger partial charge is 0.339 e. The summed E-state index contributed by atoms with van der Waals surface area (Å²) in [5.74, 6) is 0.343. The summed E-state index contributed by atoms with van der Waals surface area (Å²) >= 11 is 0. The smallest absolute Gasteiger partial charge is 0.236 e. The molecule has 4 nitrogen and oxygen atoms in total. The first-order valence-electron chi connectivity index (χ1n) is 8.96. The Balaban J connectivity index is 1.41. The van der Waals surface area contributed by atoms with Gasteiger partial charge in [0.25, 0.3) is 0 Å². The SMILES string of the molecule is CN(CC(=O)N1CCN(C2CCCC2)CC1)C1CCCC1. The van der Waals surface area contributed by atoms with Crippen molar-refractivity contribution in [1.29, 1.82) is 0 Å². The van der Waals surface area contributed by atoms with E-state index in [0.717, 1.165) is 32.2 Å². The molecular weight excluding hydrogens is 262 g/mol. The summed E-state index contributed by atoms with van der Waals surface area (Å²) in [6, 6.07) is 1.46. The molecule has 0 aromatic carbocycles. The minimum atomic E-state index is 0.343. The number of rotatable bonds is 4. The van der Waals surface area contributed by atoms with E-state index < -0.39 is 0 Å². The minimum Gasteiger partial charge on any atom is -0.339 e. The molecule has 0 spiro atoms. The fourth-order valence-electron chi connectivity index (χ4n) is 4.39. The number of carbonyl (C=O) groups is 1. The predicted molar refractivity (Wildman–Crippen MR) is 85.3 cm³/mol. The van der Waals surface area contributed by atoms with Crippen molar-refractivity contribution in [1.82, 2.24) is 14.7 Å². The van der Waals surface area contributed by atoms with E-state index in [2.05, 4.69) is 21.7 Å². The van der Waals surface area contributed by atoms with Crippen LogP contribution in [0.3, 0.4) is 0 Å². The molecule has 0 aromatic rings. The molecule has 1 heterocycles. The van der Waals surface area contributed by atoms with E-state index in [4.69, 9.17) is 0 Å². The van der Waals surface area contributed by atoms with Crippen molar-refractivity contribution in [2.24, 2.45) is 0 Å². The van der Waals surface area contributed by atoms with Crippen LogP contribution in [0.5, 0.6) is 0 Å². The third-order valence-corrected chi connectivity index (χ3v) is 5.84. The average Bonchev–Trinajstić information content (AvgIpc) is 3.20. The first kappa shape index (κ1) is 15.3. The topological polar surface area (TPSA) is 26.8 Å². The summed E-state index contributed by atoms with van der Waals surface area (Å²) in [5, 5.41) is 0. The third-order valence-electron chi connectivity index (χ3n) is 5.84. The van der Waals surface area contributed by atoms with Gasteiger partial charge in [-0.3, -0.25) is 14.6 Å². The molecule has 1 amide bonds. The molecule has 0 bridgehead atoms. The lowest BCUT2D eigenvalue weighted by molar-refractivity contribution is -0.134. The molecule has 2 aliphatic carbocycles. The fraction of sp³-hybridized carbons (Fsp3) is 0.941. The van der Waals surface area contributed by atoms with Crippen molar-refractivity contribution >= 4 is 5.91 Å². The van der Waals surface area contributed by atoms with Crippen molar-refractivity contribution in [2.75, 3.05) is 39.8 Å². The van der Waals surface area contributed by atoms with Crippen molar-refractivity contribution < 1.29 is 4.79 Å². The number of carbonyl (C=O) groups excluding carboxylic acids is 1. The standard InChI is InChI=1S/C17H31N3O/c1-18(15-6-2-3-7-15)14-17(21)20-12-10-19(11-13-20)16-8-4-5-9-16/h15-16H,2-14H2,1H3. The molecular formula is C17H31N3O. The molecule has 3 fully saturated rings. The normalized spacial score (nSPS) is 26.1. The molecule has 2 saturated carbocycles. The Morgan fingerprint density at radius 2 is 1.52 bits per heavy atom. The molecule has 3 rings (SSSR count). The Kier molecular flexibility index (Phi) is 5.17. The van der Waals surface area contributed by atoms with Gasteiger partial charge in [-0.2, -0.15) is 0 Å². The van der Waals surface area contributed by atoms with Crippen LogP contribution in [-0.2, 0) is 4.79 Å². The van der Waals surface area contributed by atoms with Crippen LogP contribution < -0.4 is 0 Å². The molecule has 0 radical (unpaired) electrons. The highest BCUT2D eigenvalue weighted by Gasteiger charge is 2.29. The molecule has 1 aliphatic heterocycles. The van der Waals surface area contributed by atoms with Crippen molar-refractivity contribution in [2.45, 2.75) is 63.5 Å². The first-order valence-corrected chi connectivity index (χ1v) is 8.96. The highest BCUT2D eigenvalue weighted by Crippen LogP contribution is 2.25. The van der Waals surface area contributed by atoms with Gasteiger partial charge >= 0.3 is 0 Å². The van der Waals surface area contributed by atoms with Gasteiger partial charge in [0.2, 0.25) is 5.91 Å². The zero-order valence-electron chi connectivity index (χ0n) is 13.6. The van der Waals surface area contributed by atoms with Crippen molar-refractivity contribution in [3.63, 3.8) is 0 Å². The Hall–Kier alpha value is -0.610. The maximum absolute atomic E-state index is 12.5. The van der Waals surface area contributed by atoms with E-state index >= 15 is 0 Å². The maximum Gasteiger partial charge on any atom is 0.236 e. The van der Waals surface area contributed by atoms with Crippen LogP contribution in [-0.4, -0.2) is 72.5 Å². The van der Waals surface area contributed by atoms with Crippen LogP contribution in [0, 0.1) is 0 Å². The van der Waals surface area contributed by atoms with E-state index in [1.54, 1.807) is 0 Å². The highest BCUT2D eigenvalue weighted by atomic mass is 16.2. The Labute approximate surface area is 129 Å². The number of hydrogen-bond donors (Lipinski definition) is 0. The molecule has 3 aliphatic rings. The quantitative estimate of drug-likeness (QED) is 0.792. The van der Waals surface area contributed by atoms with Gasteiger partial charge in [-0.1, -0.05) is 25.7 Å². The molecule has 0 unspecified atom stereocenters. The van der Waals surface area contributed by atoms with Gasteiger partial charge in [0.1, 0.15) is 0 Å². The van der Waals surface area contributed by atoms with E-state index in [1.165, 1.54) is 51.4 Å². The molecule has 1 saturated heterocycles. The van der Waals surface area contributed by atoms with Gasteiger partial charge in [0, 0.05) is 38.3 Å². The van der Waals surface area contributed by atoms with Gasteiger partial charge in [0.15, 0.2) is 0 Å². The Morgan fingerprint density at radius 3 is 2.14 bits per heavy atom. The van der Waals surface area contributed by atoms with Crippen LogP contribution in [0.2, 0.25) is 0 Å². The molecule has 0 aromatic heterocycles. The summed E-state index contributed by atoms with van der Waals surface area (Å²) in [7, 11) is 2.13. The predicted octanol–water partition coefficient (Wildman–Crippen LogP) is 1.95. The third kappa shape index (κ3) is 3.78. The summed E-state index contributed by atoms with van der Waals surface area (Å²) in [6.45, 7) is 4.67. The lowest BCUT2D eigenvalue weighted by Crippen LogP contribution is -2.53. The highest BCUT2D eigenvalue weighted by molar-refractivity contribution is 5.78. The number of nitrogens with zero attached hydrogens (tertiary/aromatic N) is 3. The molecule has 4 heteroatoms. The minimum absolute atomic E-state index is 0.343. The first-order chi connectivity index (χ1) is 10.2. The van der Waals surface area contributed by atoms with Gasteiger partial charge in [0.05, 0.1) is 6.54 Å². The van der Waals surface area contributed by atoms with E-state index in [-0.39, 0.29) is 0 Å². The number of amides is 1. The summed E-state index contributed by atoms with van der Waals surface area (Å²) in [6.07, 6.45) is 10.8. The van der Waals surface area contributed by atoms with Crippen LogP contribution >= 0.6 is 0 Å². The van der Waals surface area contributed by atoms with E-state index in [9.17, 15) is 4.79 Å². The summed E-state index contributed by atoms with van der Waals surface area (Å²) < 4.78 is 0. The molecule has 0 N–H and O–H groups in total. The lowest BCUT2D eigenvalue weighted by atomic mass is 10.1. The molecule has 21 heavy (non-hydrogen) atoms. The van der Waals surface area contributed by atoms with Gasteiger partial charge in [-0.05, 0) is 32.7 Å². The van der Waals surface area contributed by atoms with E-state index in [0.29, 0.717) is 18.5 Å². The molecule has 0 atom stereocenters. The number of likely N-dealkylation sites (N-methyl/N-ethyl adjacent to an activating group) is 1. The Morgan fingerprint density at radius 1 is 0.952 bits per heavy atom. The van der Waals surface area contributed by atoms with E-state index in [1.807, 2.05) is 0 Å². The molecule has 120 valence electrons. The monoisotopic (exact) mass is 293 g/mol. The van der Waals surface area contributed by atoms with Crippen LogP contribution in [0.15, 0.2) is 0 Å². The maximum atomic E-state index is 12.5. The van der Waals surface area contributed by atoms with Crippen molar-refractivity contribution in [3.8, 4) is 0 Å². The zero-order chi connectivity index (χ0) is 14.7. The second-order valence-corrected chi connectivity index (χ2v) is 7.21. The second kappa shape index (κ2) is 7.10. The van der Waals surface area contributed by atoms with Gasteiger partial charge in [-0.15, -0.1) is 0 Å². The van der Waals surface area contributed by atoms with Crippen LogP contribution in [0.1, 0.15) is 51.4 Å². The second-order valence-electron chi connectivity index (χ2n) is 7.21. The van der Waals surface area contributed by atoms with Gasteiger partial charge in [-0.25, -0.2) is 0 Å². The lowest BCUT2D eigenvalue weighted by Gasteiger charge is -2.38. The van der Waals surface area contributed by atoms with Crippen LogP contribution in [0.4, 0.5) is 0 Å². The fourth-order valence-corrected chi connectivity index (χ4v) is 4.39. The van der Waals surface area contributed by atoms with Crippen LogP contribution in [0.25, 0.3) is 0 Å². The Bertz CT molecular complexity index is 340. The average molecular weight is 293 g/mol. The summed E-state index contributed by atoms with van der Waals surface area (Å²) in [4.78, 5) is 19.5. The number of piperazine rings is 1. The number of hydrogen-bond acceptors (Lipinski definition) is 3. The van der Waals surface area contributed by atoms with Gasteiger partial charge < -0.3 is 4.90 Å². The van der Waals surface area contributed by atoms with Crippen molar-refractivity contribution in [3.05, 3.63) is 0 Å².